The number of benzene rings is 1. The lowest BCUT2D eigenvalue weighted by molar-refractivity contribution is 0.0950. The van der Waals surface area contributed by atoms with Crippen molar-refractivity contribution in [2.45, 2.75) is 13.1 Å². The Hall–Kier alpha value is -3.19. The zero-order valence-electron chi connectivity index (χ0n) is 13.0. The molecule has 0 fully saturated rings. The first-order valence-electron chi connectivity index (χ1n) is 7.32. The zero-order chi connectivity index (χ0) is 17.0. The third-order valence-electron chi connectivity index (χ3n) is 2.91. The van der Waals surface area contributed by atoms with Crippen LogP contribution >= 0.6 is 0 Å². The predicted octanol–water partition coefficient (Wildman–Crippen LogP) is 1.34. The summed E-state index contributed by atoms with van der Waals surface area (Å²) >= 11 is 0. The third kappa shape index (κ3) is 5.90. The number of carbonyl (C=O) groups is 1. The van der Waals surface area contributed by atoms with Crippen molar-refractivity contribution in [1.29, 1.82) is 0 Å². The van der Waals surface area contributed by atoms with Crippen LogP contribution in [0.3, 0.4) is 0 Å². The molecule has 1 aromatic carbocycles. The van der Waals surface area contributed by atoms with Crippen molar-refractivity contribution in [3.63, 3.8) is 0 Å². The largest absolute Gasteiger partial charge is 0.346 e. The second-order valence-corrected chi connectivity index (χ2v) is 4.65. The Bertz CT molecular complexity index is 722. The summed E-state index contributed by atoms with van der Waals surface area (Å²) < 4.78 is 0. The molecule has 24 heavy (non-hydrogen) atoms. The van der Waals surface area contributed by atoms with Gasteiger partial charge in [-0.25, -0.2) is 0 Å². The average molecular weight is 322 g/mol. The molecule has 0 bridgehead atoms. The molecule has 0 atom stereocenters. The smallest absolute Gasteiger partial charge is 0.251 e. The molecular weight excluding hydrogens is 304 g/mol. The van der Waals surface area contributed by atoms with Crippen molar-refractivity contribution in [3.05, 3.63) is 84.5 Å². The van der Waals surface area contributed by atoms with E-state index < -0.39 is 0 Å². The van der Waals surface area contributed by atoms with E-state index in [2.05, 4.69) is 25.3 Å². The van der Waals surface area contributed by atoms with Crippen molar-refractivity contribution in [1.82, 2.24) is 25.3 Å². The van der Waals surface area contributed by atoms with Gasteiger partial charge in [0.05, 0.1) is 24.1 Å². The minimum Gasteiger partial charge on any atom is -0.346 e. The summed E-state index contributed by atoms with van der Waals surface area (Å²) in [4.78, 5) is 27.4. The van der Waals surface area contributed by atoms with Crippen LogP contribution in [-0.4, -0.2) is 25.8 Å². The van der Waals surface area contributed by atoms with Gasteiger partial charge in [0.25, 0.3) is 5.91 Å². The fourth-order valence-corrected chi connectivity index (χ4v) is 1.72. The number of nitrogens with two attached hydrogens (primary N) is 1. The van der Waals surface area contributed by atoms with Gasteiger partial charge in [-0.05, 0) is 12.1 Å². The Morgan fingerprint density at radius 1 is 0.917 bits per heavy atom. The first kappa shape index (κ1) is 17.2. The van der Waals surface area contributed by atoms with Crippen LogP contribution in [-0.2, 0) is 13.1 Å². The summed E-state index contributed by atoms with van der Waals surface area (Å²) in [5, 5.41) is 2.77. The van der Waals surface area contributed by atoms with Gasteiger partial charge in [0.1, 0.15) is 0 Å². The van der Waals surface area contributed by atoms with Crippen LogP contribution in [0.2, 0.25) is 0 Å². The van der Waals surface area contributed by atoms with Gasteiger partial charge < -0.3 is 11.1 Å². The van der Waals surface area contributed by atoms with Gasteiger partial charge in [-0.1, -0.05) is 18.2 Å². The number of nitrogens with one attached hydrogen (secondary N) is 1. The highest BCUT2D eigenvalue weighted by molar-refractivity contribution is 5.93. The maximum atomic E-state index is 11.7. The number of rotatable bonds is 4. The molecule has 3 N–H and O–H groups in total. The van der Waals surface area contributed by atoms with Gasteiger partial charge in [0.15, 0.2) is 0 Å². The van der Waals surface area contributed by atoms with Crippen molar-refractivity contribution < 1.29 is 4.79 Å². The topological polar surface area (TPSA) is 107 Å². The fraction of sp³-hybridized carbons (Fsp3) is 0.118. The number of nitrogens with zero attached hydrogens (tertiary/aromatic N) is 4. The van der Waals surface area contributed by atoms with Gasteiger partial charge in [0, 0.05) is 43.1 Å². The number of aromatic nitrogens is 4. The molecule has 1 amide bonds. The van der Waals surface area contributed by atoms with E-state index in [1.54, 1.807) is 49.3 Å². The molecular formula is C17H18N6O. The Morgan fingerprint density at radius 3 is 2.04 bits per heavy atom. The van der Waals surface area contributed by atoms with Gasteiger partial charge in [-0.3, -0.25) is 24.7 Å². The molecule has 7 heteroatoms. The van der Waals surface area contributed by atoms with Gasteiger partial charge in [-0.15, -0.1) is 0 Å². The maximum Gasteiger partial charge on any atom is 0.251 e. The predicted molar refractivity (Wildman–Crippen MR) is 89.6 cm³/mol. The minimum absolute atomic E-state index is 0.105. The quantitative estimate of drug-likeness (QED) is 0.751. The normalized spacial score (nSPS) is 9.54. The van der Waals surface area contributed by atoms with Crippen LogP contribution in [0.1, 0.15) is 21.7 Å². The van der Waals surface area contributed by atoms with E-state index in [0.29, 0.717) is 18.7 Å². The molecule has 0 spiro atoms. The molecule has 0 aliphatic rings. The summed E-state index contributed by atoms with van der Waals surface area (Å²) in [6.07, 6.45) is 9.74. The fourth-order valence-electron chi connectivity index (χ4n) is 1.72. The number of hydrogen-bond donors (Lipinski definition) is 2. The third-order valence-corrected chi connectivity index (χ3v) is 2.91. The molecule has 0 saturated heterocycles. The monoisotopic (exact) mass is 322 g/mol. The van der Waals surface area contributed by atoms with Crippen molar-refractivity contribution in [2.24, 2.45) is 5.73 Å². The Labute approximate surface area is 140 Å². The Morgan fingerprint density at radius 2 is 1.54 bits per heavy atom. The molecule has 2 aromatic heterocycles. The lowest BCUT2D eigenvalue weighted by Crippen LogP contribution is -2.23. The molecule has 2 heterocycles. The minimum atomic E-state index is -0.105. The van der Waals surface area contributed by atoms with Crippen LogP contribution < -0.4 is 11.1 Å². The number of amides is 1. The summed E-state index contributed by atoms with van der Waals surface area (Å²) in [7, 11) is 0. The van der Waals surface area contributed by atoms with Crippen molar-refractivity contribution in [3.8, 4) is 0 Å². The lowest BCUT2D eigenvalue weighted by atomic mass is 10.2. The van der Waals surface area contributed by atoms with E-state index in [0.717, 1.165) is 11.4 Å². The number of carbonyl (C=O) groups excluding carboxylic acids is 1. The molecule has 3 aromatic rings. The van der Waals surface area contributed by atoms with Crippen LogP contribution in [0.25, 0.3) is 0 Å². The van der Waals surface area contributed by atoms with Crippen LogP contribution in [0.15, 0.2) is 67.5 Å². The van der Waals surface area contributed by atoms with Gasteiger partial charge in [-0.2, -0.15) is 0 Å². The van der Waals surface area contributed by atoms with Crippen LogP contribution in [0.5, 0.6) is 0 Å². The molecule has 0 saturated carbocycles. The molecule has 3 rings (SSSR count). The molecule has 0 aliphatic heterocycles. The lowest BCUT2D eigenvalue weighted by Gasteiger charge is -2.03. The van der Waals surface area contributed by atoms with Crippen molar-refractivity contribution >= 4 is 5.91 Å². The summed E-state index contributed by atoms with van der Waals surface area (Å²) in [5.41, 5.74) is 7.46. The molecule has 122 valence electrons. The van der Waals surface area contributed by atoms with Gasteiger partial charge in [0.2, 0.25) is 0 Å². The van der Waals surface area contributed by atoms with E-state index in [1.165, 1.54) is 0 Å². The van der Waals surface area contributed by atoms with E-state index >= 15 is 0 Å². The van der Waals surface area contributed by atoms with Crippen molar-refractivity contribution in [2.75, 3.05) is 0 Å². The summed E-state index contributed by atoms with van der Waals surface area (Å²) in [6, 6.07) is 9.08. The van der Waals surface area contributed by atoms with Gasteiger partial charge >= 0.3 is 0 Å². The number of hydrogen-bond acceptors (Lipinski definition) is 6. The van der Waals surface area contributed by atoms with E-state index in [-0.39, 0.29) is 5.91 Å². The van der Waals surface area contributed by atoms with E-state index in [9.17, 15) is 4.79 Å². The standard InChI is InChI=1S/C12H11N3O.C5H7N3/c16-12(10-4-2-1-3-5-10)15-9-11-8-13-6-7-14-11;6-3-5-4-7-1-2-8-5/h1-8H,9H2,(H,15,16);1-2,4H,3,6H2. The van der Waals surface area contributed by atoms with E-state index in [4.69, 9.17) is 5.73 Å². The zero-order valence-corrected chi connectivity index (χ0v) is 13.0. The highest BCUT2D eigenvalue weighted by Gasteiger charge is 2.03. The SMILES string of the molecule is NCc1cnccn1.O=C(NCc1cnccn1)c1ccccc1. The van der Waals surface area contributed by atoms with Crippen LogP contribution in [0, 0.1) is 0 Å². The Balaban J connectivity index is 0.000000219. The van der Waals surface area contributed by atoms with E-state index in [1.807, 2.05) is 18.2 Å². The summed E-state index contributed by atoms with van der Waals surface area (Å²) in [6.45, 7) is 0.857. The average Bonchev–Trinajstić information content (AvgIpc) is 2.69. The summed E-state index contributed by atoms with van der Waals surface area (Å²) in [5.74, 6) is -0.105. The first-order chi connectivity index (χ1) is 11.8. The first-order valence-corrected chi connectivity index (χ1v) is 7.32. The Kier molecular flexibility index (Phi) is 6.98. The molecule has 0 unspecified atom stereocenters. The second kappa shape index (κ2) is 9.75. The molecule has 0 aliphatic carbocycles. The highest BCUT2D eigenvalue weighted by Crippen LogP contribution is 1.98. The maximum absolute atomic E-state index is 11.7. The molecule has 7 nitrogen and oxygen atoms in total. The van der Waals surface area contributed by atoms with Crippen LogP contribution in [0.4, 0.5) is 0 Å². The second-order valence-electron chi connectivity index (χ2n) is 4.65. The highest BCUT2D eigenvalue weighted by atomic mass is 16.1. The molecule has 0 radical (unpaired) electrons.